The van der Waals surface area contributed by atoms with Crippen LogP contribution in [-0.4, -0.2) is 29.0 Å². The second-order valence-electron chi connectivity index (χ2n) is 5.73. The van der Waals surface area contributed by atoms with E-state index in [1.54, 1.807) is 42.5 Å². The molecule has 0 aliphatic rings. The summed E-state index contributed by atoms with van der Waals surface area (Å²) in [6, 6.07) is 14.2. The van der Waals surface area contributed by atoms with Crippen LogP contribution in [-0.2, 0) is 11.3 Å². The van der Waals surface area contributed by atoms with E-state index < -0.39 is 11.9 Å². The molecule has 28 heavy (non-hydrogen) atoms. The number of halogens is 1. The Bertz CT molecular complexity index is 993. The lowest BCUT2D eigenvalue weighted by Crippen LogP contribution is -2.24. The lowest BCUT2D eigenvalue weighted by atomic mass is 10.2. The Balaban J connectivity index is 1.65. The van der Waals surface area contributed by atoms with Crippen molar-refractivity contribution in [3.05, 3.63) is 83.4 Å². The van der Waals surface area contributed by atoms with Gasteiger partial charge >= 0.3 is 5.97 Å². The van der Waals surface area contributed by atoms with Crippen molar-refractivity contribution in [2.45, 2.75) is 6.54 Å². The maximum absolute atomic E-state index is 13.6. The fourth-order valence-electron chi connectivity index (χ4n) is 2.39. The summed E-state index contributed by atoms with van der Waals surface area (Å²) in [6.45, 7) is 0.0489. The number of benzene rings is 2. The number of carbonyl (C=O) groups is 2. The van der Waals surface area contributed by atoms with Gasteiger partial charge in [-0.1, -0.05) is 18.2 Å². The molecule has 2 N–H and O–H groups in total. The molecule has 0 radical (unpaired) electrons. The highest BCUT2D eigenvalue weighted by Crippen LogP contribution is 2.15. The average molecular weight is 380 g/mol. The molecule has 2 aromatic carbocycles. The topological polar surface area (TPSA) is 93.2 Å². The van der Waals surface area contributed by atoms with Gasteiger partial charge < -0.3 is 15.4 Å². The van der Waals surface area contributed by atoms with Gasteiger partial charge in [0.15, 0.2) is 0 Å². The molecule has 7 nitrogen and oxygen atoms in total. The number of rotatable bonds is 6. The standard InChI is InChI=1S/C20H17FN4O3/c1-28-19(27)13-6-8-15(9-7-13)24-20-22-11-10-17(25-20)18(26)23-12-14-4-2-3-5-16(14)21/h2-11H,12H2,1H3,(H,23,26)(H,22,24,25). The molecule has 1 heterocycles. The minimum Gasteiger partial charge on any atom is -0.465 e. The SMILES string of the molecule is COC(=O)c1ccc(Nc2nccc(C(=O)NCc3ccccc3F)n2)cc1. The van der Waals surface area contributed by atoms with E-state index >= 15 is 0 Å². The number of hydrogen-bond acceptors (Lipinski definition) is 6. The molecule has 0 fully saturated rings. The number of methoxy groups -OCH3 is 1. The number of nitrogens with one attached hydrogen (secondary N) is 2. The van der Waals surface area contributed by atoms with E-state index in [9.17, 15) is 14.0 Å². The monoisotopic (exact) mass is 380 g/mol. The number of carbonyl (C=O) groups excluding carboxylic acids is 2. The van der Waals surface area contributed by atoms with Crippen LogP contribution >= 0.6 is 0 Å². The number of anilines is 2. The maximum atomic E-state index is 13.6. The van der Waals surface area contributed by atoms with E-state index in [0.717, 1.165) is 0 Å². The molecular formula is C20H17FN4O3. The van der Waals surface area contributed by atoms with Gasteiger partial charge in [-0.3, -0.25) is 4.79 Å². The average Bonchev–Trinajstić information content (AvgIpc) is 2.73. The lowest BCUT2D eigenvalue weighted by molar-refractivity contribution is 0.0600. The first-order valence-corrected chi connectivity index (χ1v) is 8.37. The van der Waals surface area contributed by atoms with Crippen LogP contribution in [0.4, 0.5) is 16.0 Å². The van der Waals surface area contributed by atoms with E-state index in [1.165, 1.54) is 25.4 Å². The molecule has 3 rings (SSSR count). The molecule has 0 aliphatic carbocycles. The van der Waals surface area contributed by atoms with E-state index in [0.29, 0.717) is 16.8 Å². The van der Waals surface area contributed by atoms with Crippen LogP contribution in [0.3, 0.4) is 0 Å². The number of nitrogens with zero attached hydrogens (tertiary/aromatic N) is 2. The fourth-order valence-corrected chi connectivity index (χ4v) is 2.39. The van der Waals surface area contributed by atoms with Crippen molar-refractivity contribution in [2.75, 3.05) is 12.4 Å². The largest absolute Gasteiger partial charge is 0.465 e. The summed E-state index contributed by atoms with van der Waals surface area (Å²) in [6.07, 6.45) is 1.44. The van der Waals surface area contributed by atoms with Crippen LogP contribution in [0.2, 0.25) is 0 Å². The highest BCUT2D eigenvalue weighted by atomic mass is 19.1. The number of hydrogen-bond donors (Lipinski definition) is 2. The summed E-state index contributed by atoms with van der Waals surface area (Å²) in [4.78, 5) is 32.0. The second-order valence-corrected chi connectivity index (χ2v) is 5.73. The summed E-state index contributed by atoms with van der Waals surface area (Å²) < 4.78 is 18.3. The third kappa shape index (κ3) is 4.67. The van der Waals surface area contributed by atoms with Gasteiger partial charge in [0, 0.05) is 24.0 Å². The van der Waals surface area contributed by atoms with E-state index in [4.69, 9.17) is 0 Å². The van der Waals surface area contributed by atoms with Crippen molar-refractivity contribution >= 4 is 23.5 Å². The molecule has 1 aromatic heterocycles. The van der Waals surface area contributed by atoms with Gasteiger partial charge in [-0.2, -0.15) is 0 Å². The molecule has 3 aromatic rings. The molecule has 142 valence electrons. The molecular weight excluding hydrogens is 363 g/mol. The van der Waals surface area contributed by atoms with Crippen LogP contribution in [0.25, 0.3) is 0 Å². The molecule has 0 unspecified atom stereocenters. The van der Waals surface area contributed by atoms with Gasteiger partial charge in [0.25, 0.3) is 5.91 Å². The van der Waals surface area contributed by atoms with Crippen molar-refractivity contribution < 1.29 is 18.7 Å². The molecule has 8 heteroatoms. The smallest absolute Gasteiger partial charge is 0.337 e. The molecule has 0 aliphatic heterocycles. The highest BCUT2D eigenvalue weighted by Gasteiger charge is 2.10. The first-order valence-electron chi connectivity index (χ1n) is 8.37. The van der Waals surface area contributed by atoms with Gasteiger partial charge in [-0.15, -0.1) is 0 Å². The summed E-state index contributed by atoms with van der Waals surface area (Å²) in [5.74, 6) is -1.06. The molecule has 0 saturated heterocycles. The molecule has 0 bridgehead atoms. The molecule has 0 atom stereocenters. The second kappa shape index (κ2) is 8.72. The van der Waals surface area contributed by atoms with Crippen LogP contribution in [0.1, 0.15) is 26.4 Å². The van der Waals surface area contributed by atoms with Crippen molar-refractivity contribution in [3.8, 4) is 0 Å². The van der Waals surface area contributed by atoms with Crippen molar-refractivity contribution in [1.29, 1.82) is 0 Å². The first-order chi connectivity index (χ1) is 13.6. The van der Waals surface area contributed by atoms with Crippen LogP contribution < -0.4 is 10.6 Å². The Morgan fingerprint density at radius 3 is 2.54 bits per heavy atom. The van der Waals surface area contributed by atoms with Crippen LogP contribution in [0.15, 0.2) is 60.8 Å². The zero-order valence-electron chi connectivity index (χ0n) is 15.0. The van der Waals surface area contributed by atoms with E-state index in [2.05, 4.69) is 25.3 Å². The van der Waals surface area contributed by atoms with Crippen LogP contribution in [0, 0.1) is 5.82 Å². The lowest BCUT2D eigenvalue weighted by Gasteiger charge is -2.08. The minimum atomic E-state index is -0.449. The summed E-state index contributed by atoms with van der Waals surface area (Å²) >= 11 is 0. The van der Waals surface area contributed by atoms with Crippen molar-refractivity contribution in [3.63, 3.8) is 0 Å². The normalized spacial score (nSPS) is 10.2. The van der Waals surface area contributed by atoms with Crippen molar-refractivity contribution in [1.82, 2.24) is 15.3 Å². The Hall–Kier alpha value is -3.81. The van der Waals surface area contributed by atoms with Gasteiger partial charge in [0.1, 0.15) is 11.5 Å². The highest BCUT2D eigenvalue weighted by molar-refractivity contribution is 5.92. The summed E-state index contributed by atoms with van der Waals surface area (Å²) in [5.41, 5.74) is 1.57. The molecule has 1 amide bonds. The van der Waals surface area contributed by atoms with Gasteiger partial charge in [0.05, 0.1) is 12.7 Å². The maximum Gasteiger partial charge on any atom is 0.337 e. The molecule has 0 spiro atoms. The Morgan fingerprint density at radius 2 is 1.82 bits per heavy atom. The zero-order valence-corrected chi connectivity index (χ0v) is 15.0. The third-order valence-corrected chi connectivity index (χ3v) is 3.85. The Labute approximate surface area is 160 Å². The number of ether oxygens (including phenoxy) is 1. The number of amides is 1. The number of esters is 1. The number of aromatic nitrogens is 2. The summed E-state index contributed by atoms with van der Waals surface area (Å²) in [5, 5.41) is 5.58. The quantitative estimate of drug-likeness (QED) is 0.639. The Morgan fingerprint density at radius 1 is 1.07 bits per heavy atom. The van der Waals surface area contributed by atoms with Crippen LogP contribution in [0.5, 0.6) is 0 Å². The fraction of sp³-hybridized carbons (Fsp3) is 0.100. The third-order valence-electron chi connectivity index (χ3n) is 3.85. The minimum absolute atomic E-state index is 0.0489. The predicted molar refractivity (Wildman–Crippen MR) is 101 cm³/mol. The Kier molecular flexibility index (Phi) is 5.91. The molecule has 0 saturated carbocycles. The van der Waals surface area contributed by atoms with Gasteiger partial charge in [-0.05, 0) is 36.4 Å². The van der Waals surface area contributed by atoms with E-state index in [1.807, 2.05) is 0 Å². The summed E-state index contributed by atoms with van der Waals surface area (Å²) in [7, 11) is 1.31. The first kappa shape index (κ1) is 19.0. The van der Waals surface area contributed by atoms with Crippen molar-refractivity contribution in [2.24, 2.45) is 0 Å². The van der Waals surface area contributed by atoms with Gasteiger partial charge in [-0.25, -0.2) is 19.2 Å². The zero-order chi connectivity index (χ0) is 19.9. The predicted octanol–water partition coefficient (Wildman–Crippen LogP) is 3.08. The van der Waals surface area contributed by atoms with E-state index in [-0.39, 0.29) is 24.0 Å². The van der Waals surface area contributed by atoms with Gasteiger partial charge in [0.2, 0.25) is 5.95 Å².